The SMILES string of the molecule is CC(C)(CO)CCCNC(=O)C1CC1c1cccc(F)c1. The van der Waals surface area contributed by atoms with Crippen LogP contribution >= 0.6 is 0 Å². The zero-order valence-electron chi connectivity index (χ0n) is 12.7. The third kappa shape index (κ3) is 4.53. The third-order valence-electron chi connectivity index (χ3n) is 4.16. The molecule has 1 fully saturated rings. The number of carbonyl (C=O) groups excluding carboxylic acids is 1. The average molecular weight is 293 g/mol. The van der Waals surface area contributed by atoms with Crippen LogP contribution in [0.4, 0.5) is 4.39 Å². The highest BCUT2D eigenvalue weighted by Crippen LogP contribution is 2.47. The second-order valence-corrected chi connectivity index (χ2v) is 6.72. The van der Waals surface area contributed by atoms with Gasteiger partial charge in [0.1, 0.15) is 5.82 Å². The van der Waals surface area contributed by atoms with Crippen LogP contribution in [-0.2, 0) is 4.79 Å². The Morgan fingerprint density at radius 2 is 2.24 bits per heavy atom. The van der Waals surface area contributed by atoms with Crippen molar-refractivity contribution >= 4 is 5.91 Å². The van der Waals surface area contributed by atoms with E-state index in [9.17, 15) is 9.18 Å². The maximum Gasteiger partial charge on any atom is 0.223 e. The third-order valence-corrected chi connectivity index (χ3v) is 4.16. The van der Waals surface area contributed by atoms with Crippen molar-refractivity contribution in [2.75, 3.05) is 13.2 Å². The van der Waals surface area contributed by atoms with E-state index in [4.69, 9.17) is 5.11 Å². The van der Waals surface area contributed by atoms with Crippen molar-refractivity contribution in [3.8, 4) is 0 Å². The molecule has 2 rings (SSSR count). The summed E-state index contributed by atoms with van der Waals surface area (Å²) >= 11 is 0. The van der Waals surface area contributed by atoms with Gasteiger partial charge in [-0.3, -0.25) is 4.79 Å². The van der Waals surface area contributed by atoms with Crippen LogP contribution < -0.4 is 5.32 Å². The molecule has 1 aliphatic carbocycles. The van der Waals surface area contributed by atoms with Gasteiger partial charge < -0.3 is 10.4 Å². The summed E-state index contributed by atoms with van der Waals surface area (Å²) in [5, 5.41) is 12.1. The molecule has 116 valence electrons. The lowest BCUT2D eigenvalue weighted by Gasteiger charge is -2.21. The summed E-state index contributed by atoms with van der Waals surface area (Å²) in [6.07, 6.45) is 2.54. The summed E-state index contributed by atoms with van der Waals surface area (Å²) in [7, 11) is 0. The van der Waals surface area contributed by atoms with Crippen molar-refractivity contribution in [1.82, 2.24) is 5.32 Å². The first-order chi connectivity index (χ1) is 9.93. The quantitative estimate of drug-likeness (QED) is 0.760. The van der Waals surface area contributed by atoms with Crippen LogP contribution in [0.25, 0.3) is 0 Å². The van der Waals surface area contributed by atoms with Crippen LogP contribution in [0.1, 0.15) is 44.6 Å². The summed E-state index contributed by atoms with van der Waals surface area (Å²) in [5.74, 6) is -0.0388. The van der Waals surface area contributed by atoms with Crippen LogP contribution in [0.3, 0.4) is 0 Å². The molecular weight excluding hydrogens is 269 g/mol. The summed E-state index contributed by atoms with van der Waals surface area (Å²) in [6.45, 7) is 4.81. The first kappa shape index (κ1) is 16.0. The number of hydrogen-bond acceptors (Lipinski definition) is 2. The fraction of sp³-hybridized carbons (Fsp3) is 0.588. The molecule has 0 bridgehead atoms. The maximum atomic E-state index is 13.2. The number of carbonyl (C=O) groups is 1. The first-order valence-electron chi connectivity index (χ1n) is 7.57. The van der Waals surface area contributed by atoms with E-state index in [1.807, 2.05) is 19.9 Å². The molecule has 2 atom stereocenters. The molecule has 1 amide bonds. The van der Waals surface area contributed by atoms with E-state index in [-0.39, 0.29) is 35.6 Å². The molecule has 3 nitrogen and oxygen atoms in total. The van der Waals surface area contributed by atoms with Crippen LogP contribution in [0.15, 0.2) is 24.3 Å². The second-order valence-electron chi connectivity index (χ2n) is 6.72. The van der Waals surface area contributed by atoms with Gasteiger partial charge in [-0.2, -0.15) is 0 Å². The molecule has 1 aromatic rings. The summed E-state index contributed by atoms with van der Waals surface area (Å²) in [4.78, 5) is 12.0. The Labute approximate surface area is 125 Å². The minimum Gasteiger partial charge on any atom is -0.396 e. The molecule has 0 aromatic heterocycles. The molecule has 1 aliphatic rings. The van der Waals surface area contributed by atoms with Crippen LogP contribution in [0, 0.1) is 17.2 Å². The molecule has 0 saturated heterocycles. The molecule has 1 aromatic carbocycles. The highest BCUT2D eigenvalue weighted by atomic mass is 19.1. The number of halogens is 1. The van der Waals surface area contributed by atoms with Crippen molar-refractivity contribution in [2.45, 2.75) is 39.0 Å². The predicted octanol–water partition coefficient (Wildman–Crippen LogP) is 2.84. The number of rotatable bonds is 7. The Bertz CT molecular complexity index is 501. The zero-order valence-corrected chi connectivity index (χ0v) is 12.7. The highest BCUT2D eigenvalue weighted by molar-refractivity contribution is 5.82. The van der Waals surface area contributed by atoms with E-state index < -0.39 is 0 Å². The van der Waals surface area contributed by atoms with Gasteiger partial charge in [-0.15, -0.1) is 0 Å². The first-order valence-corrected chi connectivity index (χ1v) is 7.57. The average Bonchev–Trinajstić information content (AvgIpc) is 3.24. The zero-order chi connectivity index (χ0) is 15.5. The number of aliphatic hydroxyl groups is 1. The number of aliphatic hydroxyl groups excluding tert-OH is 1. The molecule has 2 unspecified atom stereocenters. The fourth-order valence-electron chi connectivity index (χ4n) is 2.58. The second kappa shape index (κ2) is 6.56. The largest absolute Gasteiger partial charge is 0.396 e. The number of amides is 1. The van der Waals surface area contributed by atoms with E-state index in [0.29, 0.717) is 6.54 Å². The van der Waals surface area contributed by atoms with Gasteiger partial charge in [0.05, 0.1) is 0 Å². The molecule has 1 saturated carbocycles. The van der Waals surface area contributed by atoms with E-state index >= 15 is 0 Å². The molecule has 0 heterocycles. The standard InChI is InChI=1S/C17H24FNO2/c1-17(2,11-20)7-4-8-19-16(21)15-10-14(15)12-5-3-6-13(18)9-12/h3,5-6,9,14-15,20H,4,7-8,10-11H2,1-2H3,(H,19,21). The fourth-order valence-corrected chi connectivity index (χ4v) is 2.58. The minimum absolute atomic E-state index is 0.0161. The Balaban J connectivity index is 1.72. The van der Waals surface area contributed by atoms with Crippen molar-refractivity contribution in [1.29, 1.82) is 0 Å². The maximum absolute atomic E-state index is 13.2. The Morgan fingerprint density at radius 3 is 2.90 bits per heavy atom. The number of nitrogens with one attached hydrogen (secondary N) is 1. The van der Waals surface area contributed by atoms with Crippen LogP contribution in [0.5, 0.6) is 0 Å². The van der Waals surface area contributed by atoms with Crippen LogP contribution in [0.2, 0.25) is 0 Å². The molecule has 4 heteroatoms. The highest BCUT2D eigenvalue weighted by Gasteiger charge is 2.43. The lowest BCUT2D eigenvalue weighted by Crippen LogP contribution is -2.28. The van der Waals surface area contributed by atoms with Crippen molar-refractivity contribution < 1.29 is 14.3 Å². The normalized spacial score (nSPS) is 21.1. The molecule has 0 radical (unpaired) electrons. The van der Waals surface area contributed by atoms with Crippen LogP contribution in [-0.4, -0.2) is 24.2 Å². The summed E-state index contributed by atoms with van der Waals surface area (Å²) in [5.41, 5.74) is 0.825. The van der Waals surface area contributed by atoms with E-state index in [0.717, 1.165) is 24.8 Å². The van der Waals surface area contributed by atoms with Gasteiger partial charge in [-0.25, -0.2) is 4.39 Å². The van der Waals surface area contributed by atoms with Crippen molar-refractivity contribution in [3.05, 3.63) is 35.6 Å². The predicted molar refractivity (Wildman–Crippen MR) is 80.4 cm³/mol. The number of hydrogen-bond donors (Lipinski definition) is 2. The van der Waals surface area contributed by atoms with E-state index in [1.54, 1.807) is 6.07 Å². The molecular formula is C17H24FNO2. The lowest BCUT2D eigenvalue weighted by molar-refractivity contribution is -0.122. The van der Waals surface area contributed by atoms with Crippen molar-refractivity contribution in [2.24, 2.45) is 11.3 Å². The van der Waals surface area contributed by atoms with Gasteiger partial charge >= 0.3 is 0 Å². The van der Waals surface area contributed by atoms with E-state index in [1.165, 1.54) is 12.1 Å². The van der Waals surface area contributed by atoms with Gasteiger partial charge in [-0.1, -0.05) is 26.0 Å². The topological polar surface area (TPSA) is 49.3 Å². The van der Waals surface area contributed by atoms with Gasteiger partial charge in [0.25, 0.3) is 0 Å². The molecule has 2 N–H and O–H groups in total. The van der Waals surface area contributed by atoms with Crippen molar-refractivity contribution in [3.63, 3.8) is 0 Å². The van der Waals surface area contributed by atoms with Gasteiger partial charge in [-0.05, 0) is 48.3 Å². The lowest BCUT2D eigenvalue weighted by atomic mass is 9.89. The molecule has 0 spiro atoms. The number of benzene rings is 1. The Kier molecular flexibility index (Phi) is 4.99. The van der Waals surface area contributed by atoms with Gasteiger partial charge in [0.2, 0.25) is 5.91 Å². The minimum atomic E-state index is -0.246. The van der Waals surface area contributed by atoms with Gasteiger partial charge in [0.15, 0.2) is 0 Å². The Morgan fingerprint density at radius 1 is 1.48 bits per heavy atom. The van der Waals surface area contributed by atoms with Gasteiger partial charge in [0, 0.05) is 19.1 Å². The molecule has 21 heavy (non-hydrogen) atoms. The smallest absolute Gasteiger partial charge is 0.223 e. The summed E-state index contributed by atoms with van der Waals surface area (Å²) in [6, 6.07) is 6.51. The Hall–Kier alpha value is -1.42. The summed E-state index contributed by atoms with van der Waals surface area (Å²) < 4.78 is 13.2. The molecule has 0 aliphatic heterocycles. The monoisotopic (exact) mass is 293 g/mol. The van der Waals surface area contributed by atoms with E-state index in [2.05, 4.69) is 5.32 Å².